The molecule has 0 atom stereocenters. The Labute approximate surface area is 86.3 Å². The van der Waals surface area contributed by atoms with Gasteiger partial charge in [-0.2, -0.15) is 0 Å². The summed E-state index contributed by atoms with van der Waals surface area (Å²) in [4.78, 5) is 0. The summed E-state index contributed by atoms with van der Waals surface area (Å²) in [6, 6.07) is 5.32. The van der Waals surface area contributed by atoms with E-state index in [1.165, 1.54) is 24.2 Å². The van der Waals surface area contributed by atoms with Gasteiger partial charge in [0.1, 0.15) is 0 Å². The minimum Gasteiger partial charge on any atom is -0.348 e. The second-order valence-corrected chi connectivity index (χ2v) is 4.07. The molecule has 0 radical (unpaired) electrons. The molecule has 0 spiro atoms. The zero-order chi connectivity index (χ0) is 9.97. The molecule has 0 bridgehead atoms. The molecule has 1 aromatic rings. The van der Waals surface area contributed by atoms with Crippen LogP contribution in [0, 0.1) is 0 Å². The van der Waals surface area contributed by atoms with E-state index >= 15 is 0 Å². The number of rotatable bonds is 5. The normalized spacial score (nSPS) is 16.1. The first-order valence-electron chi connectivity index (χ1n) is 5.75. The number of nitrogens with zero attached hydrogens (tertiary/aromatic N) is 1. The van der Waals surface area contributed by atoms with Crippen LogP contribution < -0.4 is 5.32 Å². The van der Waals surface area contributed by atoms with E-state index < -0.39 is 0 Å². The summed E-state index contributed by atoms with van der Waals surface area (Å²) < 4.78 is 2.43. The van der Waals surface area contributed by atoms with Gasteiger partial charge in [-0.3, -0.25) is 0 Å². The summed E-state index contributed by atoms with van der Waals surface area (Å²) in [6.45, 7) is 6.58. The minimum atomic E-state index is 0.806. The molecule has 0 saturated heterocycles. The minimum absolute atomic E-state index is 0.806. The van der Waals surface area contributed by atoms with Crippen molar-refractivity contribution in [3.05, 3.63) is 23.5 Å². The SMILES string of the molecule is CCc1ccc(CNC2CC2)n1CC. The van der Waals surface area contributed by atoms with Crippen LogP contribution in [0.5, 0.6) is 0 Å². The summed E-state index contributed by atoms with van der Waals surface area (Å²) >= 11 is 0. The maximum Gasteiger partial charge on any atom is 0.0361 e. The molecule has 1 fully saturated rings. The Morgan fingerprint density at radius 3 is 2.57 bits per heavy atom. The van der Waals surface area contributed by atoms with Crippen LogP contribution >= 0.6 is 0 Å². The average molecular weight is 192 g/mol. The molecule has 1 heterocycles. The van der Waals surface area contributed by atoms with Gasteiger partial charge in [0.2, 0.25) is 0 Å². The molecule has 0 aliphatic heterocycles. The molecule has 2 nitrogen and oxygen atoms in total. The van der Waals surface area contributed by atoms with Crippen LogP contribution in [-0.4, -0.2) is 10.6 Å². The maximum atomic E-state index is 3.56. The summed E-state index contributed by atoms with van der Waals surface area (Å²) in [6.07, 6.45) is 3.87. The Morgan fingerprint density at radius 2 is 2.00 bits per heavy atom. The van der Waals surface area contributed by atoms with E-state index in [1.54, 1.807) is 0 Å². The third-order valence-corrected chi connectivity index (χ3v) is 2.99. The summed E-state index contributed by atoms with van der Waals surface area (Å²) in [5.74, 6) is 0. The number of aromatic nitrogens is 1. The van der Waals surface area contributed by atoms with E-state index in [4.69, 9.17) is 0 Å². The first-order chi connectivity index (χ1) is 6.85. The van der Waals surface area contributed by atoms with Crippen molar-refractivity contribution in [3.8, 4) is 0 Å². The van der Waals surface area contributed by atoms with Crippen molar-refractivity contribution in [1.82, 2.24) is 9.88 Å². The second kappa shape index (κ2) is 4.18. The van der Waals surface area contributed by atoms with Crippen LogP contribution in [-0.2, 0) is 19.5 Å². The first kappa shape index (κ1) is 9.78. The summed E-state index contributed by atoms with van der Waals surface area (Å²) in [5, 5.41) is 3.56. The van der Waals surface area contributed by atoms with Gasteiger partial charge in [0.25, 0.3) is 0 Å². The molecule has 1 aromatic heterocycles. The van der Waals surface area contributed by atoms with Crippen molar-refractivity contribution in [1.29, 1.82) is 0 Å². The van der Waals surface area contributed by atoms with Gasteiger partial charge < -0.3 is 9.88 Å². The van der Waals surface area contributed by atoms with Gasteiger partial charge in [-0.05, 0) is 38.3 Å². The quantitative estimate of drug-likeness (QED) is 0.757. The number of hydrogen-bond donors (Lipinski definition) is 1. The van der Waals surface area contributed by atoms with Crippen LogP contribution in [0.4, 0.5) is 0 Å². The van der Waals surface area contributed by atoms with Crippen LogP contribution in [0.2, 0.25) is 0 Å². The van der Waals surface area contributed by atoms with Crippen molar-refractivity contribution in [2.45, 2.75) is 52.2 Å². The topological polar surface area (TPSA) is 17.0 Å². The molecule has 0 unspecified atom stereocenters. The molecule has 14 heavy (non-hydrogen) atoms. The molecule has 0 aromatic carbocycles. The Hall–Kier alpha value is -0.760. The predicted molar refractivity (Wildman–Crippen MR) is 59.3 cm³/mol. The second-order valence-electron chi connectivity index (χ2n) is 4.07. The highest BCUT2D eigenvalue weighted by atomic mass is 15.0. The smallest absolute Gasteiger partial charge is 0.0361 e. The zero-order valence-corrected chi connectivity index (χ0v) is 9.21. The van der Waals surface area contributed by atoms with Gasteiger partial charge in [-0.15, -0.1) is 0 Å². The molecule has 2 rings (SSSR count). The van der Waals surface area contributed by atoms with Crippen LogP contribution in [0.25, 0.3) is 0 Å². The largest absolute Gasteiger partial charge is 0.348 e. The molecule has 2 heteroatoms. The van der Waals surface area contributed by atoms with Gasteiger partial charge in [0, 0.05) is 30.5 Å². The molecule has 0 amide bonds. The van der Waals surface area contributed by atoms with Crippen LogP contribution in [0.1, 0.15) is 38.1 Å². The third-order valence-electron chi connectivity index (χ3n) is 2.99. The number of hydrogen-bond acceptors (Lipinski definition) is 1. The fourth-order valence-corrected chi connectivity index (χ4v) is 1.96. The first-order valence-corrected chi connectivity index (χ1v) is 5.75. The lowest BCUT2D eigenvalue weighted by atomic mass is 10.3. The Kier molecular flexibility index (Phi) is 2.92. The zero-order valence-electron chi connectivity index (χ0n) is 9.21. The molecule has 1 aliphatic rings. The number of aryl methyl sites for hydroxylation is 1. The van der Waals surface area contributed by atoms with Gasteiger partial charge in [0.05, 0.1) is 0 Å². The Morgan fingerprint density at radius 1 is 1.29 bits per heavy atom. The monoisotopic (exact) mass is 192 g/mol. The van der Waals surface area contributed by atoms with Crippen molar-refractivity contribution < 1.29 is 0 Å². The van der Waals surface area contributed by atoms with E-state index in [2.05, 4.69) is 35.9 Å². The van der Waals surface area contributed by atoms with Gasteiger partial charge in [0.15, 0.2) is 0 Å². The highest BCUT2D eigenvalue weighted by molar-refractivity contribution is 5.16. The third kappa shape index (κ3) is 2.01. The van der Waals surface area contributed by atoms with Crippen molar-refractivity contribution in [2.75, 3.05) is 0 Å². The highest BCUT2D eigenvalue weighted by Gasteiger charge is 2.20. The van der Waals surface area contributed by atoms with E-state index in [-0.39, 0.29) is 0 Å². The van der Waals surface area contributed by atoms with Crippen molar-refractivity contribution >= 4 is 0 Å². The lowest BCUT2D eigenvalue weighted by molar-refractivity contribution is 0.612. The summed E-state index contributed by atoms with van der Waals surface area (Å²) in [7, 11) is 0. The van der Waals surface area contributed by atoms with Crippen molar-refractivity contribution in [2.24, 2.45) is 0 Å². The average Bonchev–Trinajstić information content (AvgIpc) is 2.95. The van der Waals surface area contributed by atoms with E-state index in [1.807, 2.05) is 0 Å². The van der Waals surface area contributed by atoms with Gasteiger partial charge in [-0.25, -0.2) is 0 Å². The van der Waals surface area contributed by atoms with Crippen molar-refractivity contribution in [3.63, 3.8) is 0 Å². The molecule has 78 valence electrons. The van der Waals surface area contributed by atoms with Gasteiger partial charge >= 0.3 is 0 Å². The standard InChI is InChI=1S/C12H20N2/c1-3-11-7-8-12(14(11)4-2)9-13-10-5-6-10/h7-8,10,13H,3-6,9H2,1-2H3. The molecular weight excluding hydrogens is 172 g/mol. The van der Waals surface area contributed by atoms with Crippen LogP contribution in [0.3, 0.4) is 0 Å². The molecule has 1 aliphatic carbocycles. The molecular formula is C12H20N2. The van der Waals surface area contributed by atoms with E-state index in [9.17, 15) is 0 Å². The van der Waals surface area contributed by atoms with E-state index in [0.717, 1.165) is 25.6 Å². The Bertz CT molecular complexity index is 297. The van der Waals surface area contributed by atoms with Gasteiger partial charge in [-0.1, -0.05) is 6.92 Å². The van der Waals surface area contributed by atoms with E-state index in [0.29, 0.717) is 0 Å². The fourth-order valence-electron chi connectivity index (χ4n) is 1.96. The Balaban J connectivity index is 2.02. The lowest BCUT2D eigenvalue weighted by Gasteiger charge is -2.10. The summed E-state index contributed by atoms with van der Waals surface area (Å²) in [5.41, 5.74) is 2.90. The number of nitrogens with one attached hydrogen (secondary N) is 1. The fraction of sp³-hybridized carbons (Fsp3) is 0.667. The van der Waals surface area contributed by atoms with Crippen LogP contribution in [0.15, 0.2) is 12.1 Å². The predicted octanol–water partition coefficient (Wildman–Crippen LogP) is 2.32. The molecule has 1 saturated carbocycles. The maximum absolute atomic E-state index is 3.56. The highest BCUT2D eigenvalue weighted by Crippen LogP contribution is 2.19. The molecule has 1 N–H and O–H groups in total. The lowest BCUT2D eigenvalue weighted by Crippen LogP contribution is -2.18.